The van der Waals surface area contributed by atoms with Crippen LogP contribution in [0.15, 0.2) is 53.0 Å². The number of nitrogens with one attached hydrogen (secondary N) is 1. The lowest BCUT2D eigenvalue weighted by Gasteiger charge is -2.10. The highest BCUT2D eigenvalue weighted by molar-refractivity contribution is 9.10. The molecule has 0 atom stereocenters. The number of benzene rings is 2. The third-order valence-corrected chi connectivity index (χ3v) is 3.16. The molecule has 3 nitrogen and oxygen atoms in total. The quantitative estimate of drug-likeness (QED) is 0.626. The van der Waals surface area contributed by atoms with Gasteiger partial charge in [0.1, 0.15) is 5.75 Å². The third kappa shape index (κ3) is 4.48. The summed E-state index contributed by atoms with van der Waals surface area (Å²) in [5.74, 6) is 0.908. The first-order valence-electron chi connectivity index (χ1n) is 6.22. The van der Waals surface area contributed by atoms with E-state index < -0.39 is 0 Å². The first-order chi connectivity index (χ1) is 9.25. The lowest BCUT2D eigenvalue weighted by molar-refractivity contribution is 0.315. The van der Waals surface area contributed by atoms with Crippen LogP contribution in [0.5, 0.6) is 5.75 Å². The molecule has 2 aromatic carbocycles. The van der Waals surface area contributed by atoms with E-state index in [0.29, 0.717) is 6.61 Å². The van der Waals surface area contributed by atoms with Crippen molar-refractivity contribution >= 4 is 27.3 Å². The van der Waals surface area contributed by atoms with E-state index >= 15 is 0 Å². The van der Waals surface area contributed by atoms with Crippen molar-refractivity contribution in [3.63, 3.8) is 0 Å². The van der Waals surface area contributed by atoms with Gasteiger partial charge in [-0.25, -0.2) is 0 Å². The number of halogens is 1. The smallest absolute Gasteiger partial charge is 0.119 e. The first-order valence-corrected chi connectivity index (χ1v) is 7.02. The molecule has 3 N–H and O–H groups in total. The molecule has 0 heterocycles. The highest BCUT2D eigenvalue weighted by Gasteiger charge is 1.99. The van der Waals surface area contributed by atoms with Crippen LogP contribution in [0.25, 0.3) is 0 Å². The maximum atomic E-state index is 5.90. The molecule has 0 saturated heterocycles. The molecule has 19 heavy (non-hydrogen) atoms. The molecular weight excluding hydrogens is 304 g/mol. The van der Waals surface area contributed by atoms with Crippen LogP contribution in [0, 0.1) is 0 Å². The summed E-state index contributed by atoms with van der Waals surface area (Å²) in [7, 11) is 0. The second kappa shape index (κ2) is 7.04. The number of hydrogen-bond acceptors (Lipinski definition) is 3. The van der Waals surface area contributed by atoms with E-state index in [2.05, 4.69) is 21.2 Å². The largest absolute Gasteiger partial charge is 0.494 e. The Hall–Kier alpha value is -1.68. The summed E-state index contributed by atoms with van der Waals surface area (Å²) in [5.41, 5.74) is 7.61. The Labute approximate surface area is 121 Å². The minimum atomic E-state index is 0.688. The predicted octanol–water partition coefficient (Wildman–Crippen LogP) is 3.91. The van der Waals surface area contributed by atoms with Crippen molar-refractivity contribution in [1.82, 2.24) is 0 Å². The lowest BCUT2D eigenvalue weighted by Crippen LogP contribution is -2.08. The van der Waals surface area contributed by atoms with Crippen molar-refractivity contribution in [1.29, 1.82) is 0 Å². The Morgan fingerprint density at radius 1 is 1.11 bits per heavy atom. The molecule has 0 aliphatic heterocycles. The molecule has 0 fully saturated rings. The molecule has 0 aromatic heterocycles. The predicted molar refractivity (Wildman–Crippen MR) is 83.6 cm³/mol. The van der Waals surface area contributed by atoms with E-state index in [4.69, 9.17) is 10.5 Å². The zero-order chi connectivity index (χ0) is 13.5. The zero-order valence-corrected chi connectivity index (χ0v) is 12.2. The standard InChI is InChI=1S/C15H17BrN2O/c16-12-7-8-15(14(17)11-12)18-9-4-10-19-13-5-2-1-3-6-13/h1-3,5-8,11,18H,4,9-10,17H2. The van der Waals surface area contributed by atoms with Crippen molar-refractivity contribution in [3.8, 4) is 5.75 Å². The van der Waals surface area contributed by atoms with E-state index in [1.807, 2.05) is 48.5 Å². The third-order valence-electron chi connectivity index (χ3n) is 2.66. The SMILES string of the molecule is Nc1cc(Br)ccc1NCCCOc1ccccc1. The molecule has 0 aliphatic carbocycles. The number of hydrogen-bond donors (Lipinski definition) is 2. The molecule has 0 saturated carbocycles. The zero-order valence-electron chi connectivity index (χ0n) is 10.6. The van der Waals surface area contributed by atoms with Crippen molar-refractivity contribution in [2.45, 2.75) is 6.42 Å². The Kier molecular flexibility index (Phi) is 5.10. The molecule has 4 heteroatoms. The second-order valence-corrected chi connectivity index (χ2v) is 5.09. The average molecular weight is 321 g/mol. The molecular formula is C15H17BrN2O. The van der Waals surface area contributed by atoms with Gasteiger partial charge in [0.05, 0.1) is 18.0 Å². The Bertz CT molecular complexity index is 517. The summed E-state index contributed by atoms with van der Waals surface area (Å²) in [6.07, 6.45) is 0.921. The fourth-order valence-corrected chi connectivity index (χ4v) is 2.08. The van der Waals surface area contributed by atoms with Crippen LogP contribution in [0.4, 0.5) is 11.4 Å². The minimum Gasteiger partial charge on any atom is -0.494 e. The number of para-hydroxylation sites is 1. The number of rotatable bonds is 6. The summed E-state index contributed by atoms with van der Waals surface area (Å²) in [6.45, 7) is 1.52. The Morgan fingerprint density at radius 3 is 2.63 bits per heavy atom. The molecule has 0 bridgehead atoms. The van der Waals surface area contributed by atoms with Gasteiger partial charge >= 0.3 is 0 Å². The Morgan fingerprint density at radius 2 is 1.89 bits per heavy atom. The van der Waals surface area contributed by atoms with Gasteiger partial charge in [0.25, 0.3) is 0 Å². The highest BCUT2D eigenvalue weighted by atomic mass is 79.9. The molecule has 100 valence electrons. The summed E-state index contributed by atoms with van der Waals surface area (Å²) in [4.78, 5) is 0. The van der Waals surface area contributed by atoms with Crippen LogP contribution in [-0.4, -0.2) is 13.2 Å². The Balaban J connectivity index is 1.69. The highest BCUT2D eigenvalue weighted by Crippen LogP contribution is 2.22. The van der Waals surface area contributed by atoms with Crippen LogP contribution >= 0.6 is 15.9 Å². The van der Waals surface area contributed by atoms with Gasteiger partial charge in [-0.1, -0.05) is 34.1 Å². The summed E-state index contributed by atoms with van der Waals surface area (Å²) in [6, 6.07) is 15.7. The molecule has 0 amide bonds. The van der Waals surface area contributed by atoms with Gasteiger partial charge in [0.15, 0.2) is 0 Å². The van der Waals surface area contributed by atoms with Gasteiger partial charge in [-0.15, -0.1) is 0 Å². The maximum Gasteiger partial charge on any atom is 0.119 e. The number of ether oxygens (including phenoxy) is 1. The fraction of sp³-hybridized carbons (Fsp3) is 0.200. The van der Waals surface area contributed by atoms with Crippen LogP contribution < -0.4 is 15.8 Å². The monoisotopic (exact) mass is 320 g/mol. The van der Waals surface area contributed by atoms with E-state index in [-0.39, 0.29) is 0 Å². The van der Waals surface area contributed by atoms with E-state index in [1.54, 1.807) is 0 Å². The van der Waals surface area contributed by atoms with E-state index in [1.165, 1.54) is 0 Å². The minimum absolute atomic E-state index is 0.688. The number of anilines is 2. The summed E-state index contributed by atoms with van der Waals surface area (Å²) in [5, 5.41) is 3.30. The molecule has 0 unspecified atom stereocenters. The van der Waals surface area contributed by atoms with Gasteiger partial charge in [0, 0.05) is 11.0 Å². The average Bonchev–Trinajstić information content (AvgIpc) is 2.42. The summed E-state index contributed by atoms with van der Waals surface area (Å²) < 4.78 is 6.60. The second-order valence-electron chi connectivity index (χ2n) is 4.17. The van der Waals surface area contributed by atoms with Crippen molar-refractivity contribution in [2.24, 2.45) is 0 Å². The number of nitrogen functional groups attached to an aromatic ring is 1. The molecule has 2 aromatic rings. The molecule has 2 rings (SSSR count). The van der Waals surface area contributed by atoms with Crippen LogP contribution in [0.1, 0.15) is 6.42 Å². The molecule has 0 radical (unpaired) electrons. The van der Waals surface area contributed by atoms with Crippen molar-refractivity contribution < 1.29 is 4.74 Å². The van der Waals surface area contributed by atoms with Gasteiger partial charge in [-0.05, 0) is 36.8 Å². The topological polar surface area (TPSA) is 47.3 Å². The molecule has 0 spiro atoms. The van der Waals surface area contributed by atoms with Gasteiger partial charge in [-0.2, -0.15) is 0 Å². The maximum absolute atomic E-state index is 5.90. The normalized spacial score (nSPS) is 10.2. The van der Waals surface area contributed by atoms with Gasteiger partial charge in [0.2, 0.25) is 0 Å². The van der Waals surface area contributed by atoms with Crippen LogP contribution in [-0.2, 0) is 0 Å². The van der Waals surface area contributed by atoms with Crippen molar-refractivity contribution in [2.75, 3.05) is 24.2 Å². The van der Waals surface area contributed by atoms with Crippen LogP contribution in [0.2, 0.25) is 0 Å². The number of nitrogens with two attached hydrogens (primary N) is 1. The van der Waals surface area contributed by atoms with Gasteiger partial charge in [-0.3, -0.25) is 0 Å². The molecule has 0 aliphatic rings. The lowest BCUT2D eigenvalue weighted by atomic mass is 10.2. The van der Waals surface area contributed by atoms with E-state index in [9.17, 15) is 0 Å². The summed E-state index contributed by atoms with van der Waals surface area (Å²) >= 11 is 3.39. The van der Waals surface area contributed by atoms with Gasteiger partial charge < -0.3 is 15.8 Å². The van der Waals surface area contributed by atoms with Crippen molar-refractivity contribution in [3.05, 3.63) is 53.0 Å². The fourth-order valence-electron chi connectivity index (χ4n) is 1.70. The first kappa shape index (κ1) is 13.7. The van der Waals surface area contributed by atoms with Crippen LogP contribution in [0.3, 0.4) is 0 Å². The van der Waals surface area contributed by atoms with E-state index in [0.717, 1.165) is 34.6 Å².